The van der Waals surface area contributed by atoms with E-state index in [4.69, 9.17) is 9.47 Å². The van der Waals surface area contributed by atoms with E-state index in [9.17, 15) is 14.4 Å². The molecule has 1 aromatic carbocycles. The first kappa shape index (κ1) is 18.1. The summed E-state index contributed by atoms with van der Waals surface area (Å²) in [6.07, 6.45) is 1.26. The molecule has 0 unspecified atom stereocenters. The molecule has 0 radical (unpaired) electrons. The molecule has 1 aromatic rings. The molecule has 1 amide bonds. The van der Waals surface area contributed by atoms with Crippen LogP contribution >= 0.6 is 0 Å². The van der Waals surface area contributed by atoms with E-state index in [1.165, 1.54) is 12.0 Å². The van der Waals surface area contributed by atoms with Crippen molar-refractivity contribution in [2.45, 2.75) is 37.8 Å². The van der Waals surface area contributed by atoms with Crippen molar-refractivity contribution in [1.82, 2.24) is 4.90 Å². The maximum Gasteiger partial charge on any atom is 0.328 e. The minimum Gasteiger partial charge on any atom is -0.467 e. The fourth-order valence-corrected chi connectivity index (χ4v) is 2.92. The lowest BCUT2D eigenvalue weighted by atomic mass is 10.1. The largest absolute Gasteiger partial charge is 0.467 e. The molecule has 0 spiro atoms. The predicted molar refractivity (Wildman–Crippen MR) is 87.6 cm³/mol. The summed E-state index contributed by atoms with van der Waals surface area (Å²) in [5.74, 6) is -0.557. The van der Waals surface area contributed by atoms with E-state index in [0.29, 0.717) is 31.4 Å². The van der Waals surface area contributed by atoms with E-state index < -0.39 is 12.0 Å². The number of amides is 1. The molecule has 24 heavy (non-hydrogen) atoms. The number of nitrogens with zero attached hydrogens (tertiary/aromatic N) is 1. The Morgan fingerprint density at radius 1 is 1.12 bits per heavy atom. The van der Waals surface area contributed by atoms with Gasteiger partial charge >= 0.3 is 5.97 Å². The van der Waals surface area contributed by atoms with Crippen LogP contribution in [0, 0.1) is 0 Å². The summed E-state index contributed by atoms with van der Waals surface area (Å²) in [5, 5.41) is 0. The number of methoxy groups -OCH3 is 2. The van der Waals surface area contributed by atoms with Crippen LogP contribution in [-0.4, -0.2) is 55.5 Å². The molecule has 0 aliphatic carbocycles. The van der Waals surface area contributed by atoms with Crippen molar-refractivity contribution >= 4 is 17.7 Å². The Morgan fingerprint density at radius 3 is 2.46 bits per heavy atom. The molecule has 6 heteroatoms. The zero-order chi connectivity index (χ0) is 17.5. The van der Waals surface area contributed by atoms with E-state index in [0.717, 1.165) is 0 Å². The second-order valence-corrected chi connectivity index (χ2v) is 5.82. The summed E-state index contributed by atoms with van der Waals surface area (Å²) in [7, 11) is 2.87. The first-order chi connectivity index (χ1) is 11.6. The monoisotopic (exact) mass is 333 g/mol. The van der Waals surface area contributed by atoms with Gasteiger partial charge in [0.25, 0.3) is 0 Å². The Labute approximate surface area is 141 Å². The van der Waals surface area contributed by atoms with Crippen LogP contribution < -0.4 is 0 Å². The summed E-state index contributed by atoms with van der Waals surface area (Å²) in [6, 6.07) is 8.41. The number of rotatable bonds is 7. The van der Waals surface area contributed by atoms with Gasteiger partial charge in [0.2, 0.25) is 5.91 Å². The van der Waals surface area contributed by atoms with Crippen molar-refractivity contribution in [3.63, 3.8) is 0 Å². The smallest absolute Gasteiger partial charge is 0.328 e. The number of benzene rings is 1. The molecule has 2 atom stereocenters. The van der Waals surface area contributed by atoms with Gasteiger partial charge in [-0.3, -0.25) is 9.59 Å². The van der Waals surface area contributed by atoms with Crippen LogP contribution in [0.5, 0.6) is 0 Å². The van der Waals surface area contributed by atoms with Crippen molar-refractivity contribution < 1.29 is 23.9 Å². The highest BCUT2D eigenvalue weighted by Crippen LogP contribution is 2.22. The van der Waals surface area contributed by atoms with Gasteiger partial charge in [0.15, 0.2) is 5.78 Å². The molecule has 6 nitrogen and oxygen atoms in total. The fourth-order valence-electron chi connectivity index (χ4n) is 2.92. The van der Waals surface area contributed by atoms with Gasteiger partial charge in [0.1, 0.15) is 6.04 Å². The molecule has 1 aliphatic heterocycles. The lowest BCUT2D eigenvalue weighted by Crippen LogP contribution is -2.41. The first-order valence-corrected chi connectivity index (χ1v) is 8.05. The number of esters is 1. The molecule has 1 heterocycles. The van der Waals surface area contributed by atoms with E-state index in [-0.39, 0.29) is 24.2 Å². The third kappa shape index (κ3) is 4.41. The number of likely N-dealkylation sites (tertiary alicyclic amines) is 1. The molecule has 0 bridgehead atoms. The second kappa shape index (κ2) is 8.59. The second-order valence-electron chi connectivity index (χ2n) is 5.82. The molecule has 130 valence electrons. The average Bonchev–Trinajstić information content (AvgIpc) is 3.06. The van der Waals surface area contributed by atoms with Crippen molar-refractivity contribution in [3.05, 3.63) is 35.9 Å². The number of carbonyl (C=O) groups excluding carboxylic acids is 3. The zero-order valence-corrected chi connectivity index (χ0v) is 14.1. The summed E-state index contributed by atoms with van der Waals surface area (Å²) in [4.78, 5) is 37.8. The van der Waals surface area contributed by atoms with Gasteiger partial charge in [-0.25, -0.2) is 4.79 Å². The molecule has 1 fully saturated rings. The van der Waals surface area contributed by atoms with Crippen LogP contribution in [0.25, 0.3) is 0 Å². The van der Waals surface area contributed by atoms with Gasteiger partial charge < -0.3 is 14.4 Å². The fraction of sp³-hybridized carbons (Fsp3) is 0.500. The standard InChI is InChI=1S/C18H23NO5/c1-23-14-11-15(18(22)24-2)19(12-14)17(21)10-6-9-16(20)13-7-4-3-5-8-13/h3-5,7-8,14-15H,6,9-12H2,1-2H3/t14-,15-/m1/s1. The van der Waals surface area contributed by atoms with E-state index in [2.05, 4.69) is 0 Å². The van der Waals surface area contributed by atoms with Gasteiger partial charge in [0, 0.05) is 38.5 Å². The Bertz CT molecular complexity index is 586. The quantitative estimate of drug-likeness (QED) is 0.562. The first-order valence-electron chi connectivity index (χ1n) is 8.05. The van der Waals surface area contributed by atoms with Gasteiger partial charge in [-0.15, -0.1) is 0 Å². The Kier molecular flexibility index (Phi) is 6.49. The molecule has 1 aliphatic rings. The van der Waals surface area contributed by atoms with Crippen LogP contribution in [0.4, 0.5) is 0 Å². The lowest BCUT2D eigenvalue weighted by Gasteiger charge is -2.22. The van der Waals surface area contributed by atoms with E-state index >= 15 is 0 Å². The van der Waals surface area contributed by atoms with Crippen LogP contribution in [0.3, 0.4) is 0 Å². The third-order valence-electron chi connectivity index (χ3n) is 4.28. The SMILES string of the molecule is COC(=O)[C@H]1C[C@@H](OC)CN1C(=O)CCCC(=O)c1ccccc1. The van der Waals surface area contributed by atoms with Crippen molar-refractivity contribution in [3.8, 4) is 0 Å². The zero-order valence-electron chi connectivity index (χ0n) is 14.1. The van der Waals surface area contributed by atoms with Crippen LogP contribution in [0.15, 0.2) is 30.3 Å². The Balaban J connectivity index is 1.87. The number of ether oxygens (including phenoxy) is 2. The molecule has 2 rings (SSSR count). The molecule has 1 saturated heterocycles. The number of Topliss-reactive ketones (excluding diaryl/α,β-unsaturated/α-hetero) is 1. The number of hydrogen-bond donors (Lipinski definition) is 0. The summed E-state index contributed by atoms with van der Waals surface area (Å²) >= 11 is 0. The highest BCUT2D eigenvalue weighted by Gasteiger charge is 2.40. The minimum absolute atomic E-state index is 0.0177. The van der Waals surface area contributed by atoms with Crippen molar-refractivity contribution in [2.75, 3.05) is 20.8 Å². The van der Waals surface area contributed by atoms with Gasteiger partial charge in [-0.1, -0.05) is 30.3 Å². The van der Waals surface area contributed by atoms with Gasteiger partial charge in [0.05, 0.1) is 13.2 Å². The summed E-state index contributed by atoms with van der Waals surface area (Å²) < 4.78 is 10.0. The highest BCUT2D eigenvalue weighted by atomic mass is 16.5. The van der Waals surface area contributed by atoms with Crippen LogP contribution in [-0.2, 0) is 19.1 Å². The number of carbonyl (C=O) groups is 3. The highest BCUT2D eigenvalue weighted by molar-refractivity contribution is 5.96. The average molecular weight is 333 g/mol. The third-order valence-corrected chi connectivity index (χ3v) is 4.28. The summed E-state index contributed by atoms with van der Waals surface area (Å²) in [5.41, 5.74) is 0.651. The van der Waals surface area contributed by atoms with Crippen LogP contribution in [0.2, 0.25) is 0 Å². The topological polar surface area (TPSA) is 72.9 Å². The summed E-state index contributed by atoms with van der Waals surface area (Å²) in [6.45, 7) is 0.377. The van der Waals surface area contributed by atoms with Crippen LogP contribution in [0.1, 0.15) is 36.0 Å². The Morgan fingerprint density at radius 2 is 1.83 bits per heavy atom. The maximum absolute atomic E-state index is 12.4. The molecular weight excluding hydrogens is 310 g/mol. The van der Waals surface area contributed by atoms with E-state index in [1.807, 2.05) is 18.2 Å². The van der Waals surface area contributed by atoms with Gasteiger partial charge in [-0.05, 0) is 6.42 Å². The number of ketones is 1. The maximum atomic E-state index is 12.4. The molecule has 0 saturated carbocycles. The molecular formula is C18H23NO5. The number of hydrogen-bond acceptors (Lipinski definition) is 5. The lowest BCUT2D eigenvalue weighted by molar-refractivity contribution is -0.151. The molecule has 0 N–H and O–H groups in total. The van der Waals surface area contributed by atoms with Gasteiger partial charge in [-0.2, -0.15) is 0 Å². The van der Waals surface area contributed by atoms with Crippen molar-refractivity contribution in [1.29, 1.82) is 0 Å². The van der Waals surface area contributed by atoms with E-state index in [1.54, 1.807) is 19.2 Å². The van der Waals surface area contributed by atoms with Crippen molar-refractivity contribution in [2.24, 2.45) is 0 Å². The molecule has 0 aromatic heterocycles. The normalized spacial score (nSPS) is 20.0. The minimum atomic E-state index is -0.600. The predicted octanol–water partition coefficient (Wildman–Crippen LogP) is 1.83. The Hall–Kier alpha value is -2.21.